The predicted molar refractivity (Wildman–Crippen MR) is 71.9 cm³/mol. The lowest BCUT2D eigenvalue weighted by molar-refractivity contribution is 0.414. The molecule has 1 heterocycles. The number of aryl methyl sites for hydroxylation is 1. The summed E-state index contributed by atoms with van der Waals surface area (Å²) >= 11 is 0. The van der Waals surface area contributed by atoms with E-state index in [9.17, 15) is 5.11 Å². The third-order valence-electron chi connectivity index (χ3n) is 3.94. The van der Waals surface area contributed by atoms with Crippen LogP contribution in [0, 0.1) is 12.8 Å². The van der Waals surface area contributed by atoms with Crippen LogP contribution in [0.5, 0.6) is 5.75 Å². The second-order valence-electron chi connectivity index (χ2n) is 5.57. The number of phenolic OH excluding ortho intramolecular Hbond substituents is 1. The third kappa shape index (κ3) is 2.35. The Hall–Kier alpha value is -1.84. The highest BCUT2D eigenvalue weighted by atomic mass is 16.5. The summed E-state index contributed by atoms with van der Waals surface area (Å²) in [4.78, 5) is 4.53. The zero-order chi connectivity index (χ0) is 13.4. The van der Waals surface area contributed by atoms with E-state index in [2.05, 4.69) is 17.1 Å². The zero-order valence-electron chi connectivity index (χ0n) is 11.3. The topological polar surface area (TPSA) is 59.2 Å². The van der Waals surface area contributed by atoms with Crippen LogP contribution < -0.4 is 0 Å². The minimum atomic E-state index is 0.255. The van der Waals surface area contributed by atoms with Gasteiger partial charge in [0.15, 0.2) is 5.82 Å². The van der Waals surface area contributed by atoms with E-state index in [1.54, 1.807) is 12.1 Å². The maximum atomic E-state index is 9.42. The van der Waals surface area contributed by atoms with Crippen molar-refractivity contribution in [2.75, 3.05) is 0 Å². The molecule has 0 amide bonds. The standard InChI is InChI=1S/C15H18N2O2/c1-9-3-4-11(7-9)14-16-15(19-17-14)13-6-5-12(18)8-10(13)2/h5-6,8-9,11,18H,3-4,7H2,1-2H3. The van der Waals surface area contributed by atoms with Crippen molar-refractivity contribution in [2.45, 2.75) is 39.0 Å². The van der Waals surface area contributed by atoms with E-state index in [0.717, 1.165) is 35.7 Å². The summed E-state index contributed by atoms with van der Waals surface area (Å²) in [7, 11) is 0. The lowest BCUT2D eigenvalue weighted by Crippen LogP contribution is -1.96. The van der Waals surface area contributed by atoms with E-state index in [-0.39, 0.29) is 5.75 Å². The highest BCUT2D eigenvalue weighted by molar-refractivity contribution is 5.59. The number of phenols is 1. The van der Waals surface area contributed by atoms with Gasteiger partial charge >= 0.3 is 0 Å². The maximum Gasteiger partial charge on any atom is 0.258 e. The Labute approximate surface area is 112 Å². The molecule has 19 heavy (non-hydrogen) atoms. The molecule has 1 fully saturated rings. The van der Waals surface area contributed by atoms with Crippen molar-refractivity contribution < 1.29 is 9.63 Å². The van der Waals surface area contributed by atoms with E-state index in [1.165, 1.54) is 6.42 Å². The Bertz CT molecular complexity index is 592. The van der Waals surface area contributed by atoms with Crippen LogP contribution in [0.3, 0.4) is 0 Å². The number of aromatic hydroxyl groups is 1. The number of hydrogen-bond donors (Lipinski definition) is 1. The Morgan fingerprint density at radius 3 is 2.84 bits per heavy atom. The fourth-order valence-corrected chi connectivity index (χ4v) is 2.84. The van der Waals surface area contributed by atoms with Gasteiger partial charge in [-0.05, 0) is 55.9 Å². The summed E-state index contributed by atoms with van der Waals surface area (Å²) in [6.45, 7) is 4.20. The first-order valence-corrected chi connectivity index (χ1v) is 6.77. The molecule has 0 saturated heterocycles. The molecule has 0 radical (unpaired) electrons. The van der Waals surface area contributed by atoms with Gasteiger partial charge in [0.2, 0.25) is 0 Å². The molecule has 4 heteroatoms. The smallest absolute Gasteiger partial charge is 0.258 e. The first-order chi connectivity index (χ1) is 9.13. The van der Waals surface area contributed by atoms with Gasteiger partial charge in [0, 0.05) is 11.5 Å². The summed E-state index contributed by atoms with van der Waals surface area (Å²) in [6, 6.07) is 5.17. The second kappa shape index (κ2) is 4.68. The zero-order valence-corrected chi connectivity index (χ0v) is 11.3. The van der Waals surface area contributed by atoms with Crippen molar-refractivity contribution in [2.24, 2.45) is 5.92 Å². The number of hydrogen-bond acceptors (Lipinski definition) is 4. The van der Waals surface area contributed by atoms with Gasteiger partial charge in [0.05, 0.1) is 0 Å². The summed E-state index contributed by atoms with van der Waals surface area (Å²) in [5.74, 6) is 2.82. The monoisotopic (exact) mass is 258 g/mol. The van der Waals surface area contributed by atoms with Crippen molar-refractivity contribution in [3.8, 4) is 17.2 Å². The Balaban J connectivity index is 1.88. The van der Waals surface area contributed by atoms with Gasteiger partial charge in [0.25, 0.3) is 5.89 Å². The molecule has 2 unspecified atom stereocenters. The minimum absolute atomic E-state index is 0.255. The van der Waals surface area contributed by atoms with Crippen molar-refractivity contribution in [1.29, 1.82) is 0 Å². The third-order valence-corrected chi connectivity index (χ3v) is 3.94. The molecular weight excluding hydrogens is 240 g/mol. The minimum Gasteiger partial charge on any atom is -0.508 e. The molecule has 1 aliphatic rings. The molecule has 2 atom stereocenters. The summed E-state index contributed by atoms with van der Waals surface area (Å²) in [6.07, 6.45) is 3.54. The van der Waals surface area contributed by atoms with Crippen LogP contribution in [0.1, 0.15) is 43.5 Å². The van der Waals surface area contributed by atoms with Gasteiger partial charge in [-0.1, -0.05) is 12.1 Å². The fraction of sp³-hybridized carbons (Fsp3) is 0.467. The Morgan fingerprint density at radius 2 is 2.16 bits per heavy atom. The Kier molecular flexibility index (Phi) is 3.01. The van der Waals surface area contributed by atoms with Crippen LogP contribution in [0.4, 0.5) is 0 Å². The van der Waals surface area contributed by atoms with Gasteiger partial charge in [-0.2, -0.15) is 4.98 Å². The van der Waals surface area contributed by atoms with Crippen molar-refractivity contribution >= 4 is 0 Å². The molecule has 1 aromatic carbocycles. The van der Waals surface area contributed by atoms with Crippen molar-refractivity contribution in [3.05, 3.63) is 29.6 Å². The molecule has 1 aliphatic carbocycles. The normalized spacial score (nSPS) is 22.8. The molecule has 1 saturated carbocycles. The van der Waals surface area contributed by atoms with E-state index >= 15 is 0 Å². The van der Waals surface area contributed by atoms with Gasteiger partial charge in [-0.3, -0.25) is 0 Å². The largest absolute Gasteiger partial charge is 0.508 e. The molecule has 0 bridgehead atoms. The molecule has 1 aromatic heterocycles. The lowest BCUT2D eigenvalue weighted by atomic mass is 10.1. The molecule has 4 nitrogen and oxygen atoms in total. The van der Waals surface area contributed by atoms with E-state index < -0.39 is 0 Å². The van der Waals surface area contributed by atoms with Crippen LogP contribution in [0.2, 0.25) is 0 Å². The number of benzene rings is 1. The maximum absolute atomic E-state index is 9.42. The predicted octanol–water partition coefficient (Wildman–Crippen LogP) is 3.65. The summed E-state index contributed by atoms with van der Waals surface area (Å²) < 4.78 is 5.38. The molecule has 2 aromatic rings. The highest BCUT2D eigenvalue weighted by Gasteiger charge is 2.27. The average molecular weight is 258 g/mol. The van der Waals surface area contributed by atoms with Crippen LogP contribution >= 0.6 is 0 Å². The molecular formula is C15H18N2O2. The average Bonchev–Trinajstić information content (AvgIpc) is 2.97. The van der Waals surface area contributed by atoms with Crippen molar-refractivity contribution in [3.63, 3.8) is 0 Å². The number of nitrogens with zero attached hydrogens (tertiary/aromatic N) is 2. The van der Waals surface area contributed by atoms with E-state index in [1.807, 2.05) is 13.0 Å². The molecule has 0 aliphatic heterocycles. The molecule has 3 rings (SSSR count). The van der Waals surface area contributed by atoms with Crippen LogP contribution in [-0.4, -0.2) is 15.2 Å². The van der Waals surface area contributed by atoms with Gasteiger partial charge in [0.1, 0.15) is 5.75 Å². The first-order valence-electron chi connectivity index (χ1n) is 6.77. The second-order valence-corrected chi connectivity index (χ2v) is 5.57. The highest BCUT2D eigenvalue weighted by Crippen LogP contribution is 2.37. The summed E-state index contributed by atoms with van der Waals surface area (Å²) in [5.41, 5.74) is 1.83. The van der Waals surface area contributed by atoms with E-state index in [4.69, 9.17) is 4.52 Å². The first kappa shape index (κ1) is 12.2. The lowest BCUT2D eigenvalue weighted by Gasteiger charge is -2.02. The van der Waals surface area contributed by atoms with Gasteiger partial charge in [-0.15, -0.1) is 0 Å². The SMILES string of the molecule is Cc1cc(O)ccc1-c1nc(C2CCC(C)C2)no1. The van der Waals surface area contributed by atoms with Crippen LogP contribution in [0.15, 0.2) is 22.7 Å². The molecule has 100 valence electrons. The number of rotatable bonds is 2. The van der Waals surface area contributed by atoms with Crippen molar-refractivity contribution in [1.82, 2.24) is 10.1 Å². The summed E-state index contributed by atoms with van der Waals surface area (Å²) in [5, 5.41) is 13.5. The van der Waals surface area contributed by atoms with Gasteiger partial charge < -0.3 is 9.63 Å². The van der Waals surface area contributed by atoms with Crippen LogP contribution in [-0.2, 0) is 0 Å². The molecule has 1 N–H and O–H groups in total. The number of aromatic nitrogens is 2. The van der Waals surface area contributed by atoms with Gasteiger partial charge in [-0.25, -0.2) is 0 Å². The quantitative estimate of drug-likeness (QED) is 0.893. The van der Waals surface area contributed by atoms with Crippen LogP contribution in [0.25, 0.3) is 11.5 Å². The fourth-order valence-electron chi connectivity index (χ4n) is 2.84. The Morgan fingerprint density at radius 1 is 1.32 bits per heavy atom. The van der Waals surface area contributed by atoms with E-state index in [0.29, 0.717) is 11.8 Å². The molecule has 0 spiro atoms.